The highest BCUT2D eigenvalue weighted by molar-refractivity contribution is 6.39. The van der Waals surface area contributed by atoms with Gasteiger partial charge in [0.25, 0.3) is 0 Å². The fraction of sp³-hybridized carbons (Fsp3) is 0.333. The van der Waals surface area contributed by atoms with Gasteiger partial charge in [0.15, 0.2) is 0 Å². The van der Waals surface area contributed by atoms with E-state index < -0.39 is 11.8 Å². The molecule has 0 bridgehead atoms. The molecule has 0 aliphatic carbocycles. The van der Waals surface area contributed by atoms with E-state index in [-0.39, 0.29) is 0 Å². The number of benzene rings is 2. The van der Waals surface area contributed by atoms with Crippen molar-refractivity contribution >= 4 is 28.9 Å². The molecule has 5 heteroatoms. The molecule has 1 heterocycles. The summed E-state index contributed by atoms with van der Waals surface area (Å²) >= 11 is 0. The maximum Gasteiger partial charge on any atom is 0.313 e. The number of likely N-dealkylation sites (tertiary alicyclic amines) is 1. The Morgan fingerprint density at radius 3 is 2.00 bits per heavy atom. The first-order valence-corrected chi connectivity index (χ1v) is 9.03. The molecule has 2 amide bonds. The largest absolute Gasteiger partial charge is 0.356 e. The summed E-state index contributed by atoms with van der Waals surface area (Å²) in [5.41, 5.74) is 2.52. The lowest BCUT2D eigenvalue weighted by atomic mass is 9.92. The Balaban J connectivity index is 1.58. The average molecular weight is 351 g/mol. The first-order valence-electron chi connectivity index (χ1n) is 9.03. The molecule has 26 heavy (non-hydrogen) atoms. The van der Waals surface area contributed by atoms with Crippen molar-refractivity contribution in [3.8, 4) is 0 Å². The lowest BCUT2D eigenvalue weighted by Gasteiger charge is -2.34. The fourth-order valence-electron chi connectivity index (χ4n) is 3.48. The van der Waals surface area contributed by atoms with Gasteiger partial charge in [0, 0.05) is 30.2 Å². The number of rotatable bonds is 3. The highest BCUT2D eigenvalue weighted by Crippen LogP contribution is 2.22. The van der Waals surface area contributed by atoms with Crippen LogP contribution in [0.25, 0.3) is 0 Å². The van der Waals surface area contributed by atoms with E-state index in [1.807, 2.05) is 42.5 Å². The maximum absolute atomic E-state index is 12.4. The summed E-state index contributed by atoms with van der Waals surface area (Å²) in [5.74, 6) is -0.164. The highest BCUT2D eigenvalue weighted by atomic mass is 16.2. The molecule has 0 saturated carbocycles. The number of nitrogens with zero attached hydrogens (tertiary/aromatic N) is 1. The molecule has 0 spiro atoms. The number of para-hydroxylation sites is 1. The van der Waals surface area contributed by atoms with E-state index >= 15 is 0 Å². The van der Waals surface area contributed by atoms with Gasteiger partial charge in [-0.25, -0.2) is 0 Å². The highest BCUT2D eigenvalue weighted by Gasteiger charge is 2.29. The van der Waals surface area contributed by atoms with Crippen molar-refractivity contribution in [2.45, 2.75) is 20.3 Å². The van der Waals surface area contributed by atoms with Crippen LogP contribution in [0.15, 0.2) is 54.6 Å². The van der Waals surface area contributed by atoms with Gasteiger partial charge in [0.2, 0.25) is 0 Å². The Hall–Kier alpha value is -2.82. The second-order valence-corrected chi connectivity index (χ2v) is 7.18. The molecule has 3 rings (SSSR count). The topological polar surface area (TPSA) is 61.4 Å². The van der Waals surface area contributed by atoms with Crippen molar-refractivity contribution in [2.24, 2.45) is 11.8 Å². The van der Waals surface area contributed by atoms with Gasteiger partial charge in [0.05, 0.1) is 0 Å². The van der Waals surface area contributed by atoms with Crippen LogP contribution in [0.5, 0.6) is 0 Å². The van der Waals surface area contributed by atoms with Crippen LogP contribution < -0.4 is 10.6 Å². The number of hydrogen-bond acceptors (Lipinski definition) is 3. The van der Waals surface area contributed by atoms with Gasteiger partial charge in [-0.05, 0) is 54.7 Å². The Bertz CT molecular complexity index is 749. The molecule has 2 aromatic carbocycles. The third-order valence-corrected chi connectivity index (χ3v) is 4.56. The minimum Gasteiger partial charge on any atom is -0.356 e. The van der Waals surface area contributed by atoms with Gasteiger partial charge in [-0.2, -0.15) is 0 Å². The summed E-state index contributed by atoms with van der Waals surface area (Å²) in [6, 6.07) is 17.2. The number of nitrogens with one attached hydrogen (secondary N) is 2. The summed E-state index contributed by atoms with van der Waals surface area (Å²) in [5, 5.41) is 5.98. The summed E-state index contributed by atoms with van der Waals surface area (Å²) < 4.78 is 0. The van der Waals surface area contributed by atoms with Crippen LogP contribution in [0.1, 0.15) is 20.3 Å². The molecule has 136 valence electrons. The zero-order valence-electron chi connectivity index (χ0n) is 15.2. The standard InChI is InChI=1S/C21H25N3O2/c1-15-12-16(2)14-24(13-15)21(26)20(25)23-19-10-8-18(9-11-19)22-17-6-4-3-5-7-17/h3-11,15-16,22H,12-14H2,1-2H3,(H,23,25). The van der Waals surface area contributed by atoms with Crippen LogP contribution in [0.2, 0.25) is 0 Å². The molecule has 1 aliphatic heterocycles. The SMILES string of the molecule is CC1CC(C)CN(C(=O)C(=O)Nc2ccc(Nc3ccccc3)cc2)C1. The Kier molecular flexibility index (Phi) is 5.56. The third-order valence-electron chi connectivity index (χ3n) is 4.56. The zero-order chi connectivity index (χ0) is 18.5. The van der Waals surface area contributed by atoms with Gasteiger partial charge >= 0.3 is 11.8 Å². The lowest BCUT2D eigenvalue weighted by molar-refractivity contribution is -0.144. The first-order chi connectivity index (χ1) is 12.5. The van der Waals surface area contributed by atoms with Crippen molar-refractivity contribution in [2.75, 3.05) is 23.7 Å². The predicted molar refractivity (Wildman–Crippen MR) is 104 cm³/mol. The van der Waals surface area contributed by atoms with E-state index in [1.165, 1.54) is 0 Å². The van der Waals surface area contributed by atoms with E-state index in [1.54, 1.807) is 17.0 Å². The summed E-state index contributed by atoms with van der Waals surface area (Å²) in [7, 11) is 0. The van der Waals surface area contributed by atoms with Crippen LogP contribution >= 0.6 is 0 Å². The first kappa shape index (κ1) is 18.0. The number of anilines is 3. The fourth-order valence-corrected chi connectivity index (χ4v) is 3.48. The Labute approximate surface area is 154 Å². The van der Waals surface area contributed by atoms with Crippen LogP contribution in [-0.4, -0.2) is 29.8 Å². The van der Waals surface area contributed by atoms with Crippen molar-refractivity contribution in [3.05, 3.63) is 54.6 Å². The normalized spacial score (nSPS) is 19.7. The Morgan fingerprint density at radius 2 is 1.38 bits per heavy atom. The van der Waals surface area contributed by atoms with E-state index in [9.17, 15) is 9.59 Å². The third kappa shape index (κ3) is 4.63. The Morgan fingerprint density at radius 1 is 0.846 bits per heavy atom. The molecule has 1 aliphatic rings. The second-order valence-electron chi connectivity index (χ2n) is 7.18. The van der Waals surface area contributed by atoms with E-state index in [0.717, 1.165) is 17.8 Å². The minimum absolute atomic E-state index is 0.429. The van der Waals surface area contributed by atoms with Crippen LogP contribution in [0.4, 0.5) is 17.1 Å². The quantitative estimate of drug-likeness (QED) is 0.825. The number of hydrogen-bond donors (Lipinski definition) is 2. The smallest absolute Gasteiger partial charge is 0.313 e. The number of amides is 2. The van der Waals surface area contributed by atoms with Gasteiger partial charge in [0.1, 0.15) is 0 Å². The molecule has 2 aromatic rings. The summed E-state index contributed by atoms with van der Waals surface area (Å²) in [4.78, 5) is 26.4. The molecule has 2 atom stereocenters. The number of carbonyl (C=O) groups is 2. The molecule has 0 radical (unpaired) electrons. The van der Waals surface area contributed by atoms with Gasteiger partial charge < -0.3 is 15.5 Å². The van der Waals surface area contributed by atoms with E-state index in [0.29, 0.717) is 30.6 Å². The average Bonchev–Trinajstić information content (AvgIpc) is 2.63. The molecule has 1 fully saturated rings. The van der Waals surface area contributed by atoms with Crippen molar-refractivity contribution < 1.29 is 9.59 Å². The molecule has 0 aromatic heterocycles. The van der Waals surface area contributed by atoms with Crippen LogP contribution in [0, 0.1) is 11.8 Å². The molecule has 2 N–H and O–H groups in total. The summed E-state index contributed by atoms with van der Waals surface area (Å²) in [6.45, 7) is 5.53. The number of carbonyl (C=O) groups excluding carboxylic acids is 2. The van der Waals surface area contributed by atoms with Crippen molar-refractivity contribution in [3.63, 3.8) is 0 Å². The van der Waals surface area contributed by atoms with Crippen LogP contribution in [0.3, 0.4) is 0 Å². The maximum atomic E-state index is 12.4. The molecule has 2 unspecified atom stereocenters. The minimum atomic E-state index is -0.574. The lowest BCUT2D eigenvalue weighted by Crippen LogP contribution is -2.47. The second kappa shape index (κ2) is 8.04. The molecular weight excluding hydrogens is 326 g/mol. The predicted octanol–water partition coefficient (Wildman–Crippen LogP) is 3.87. The van der Waals surface area contributed by atoms with Gasteiger partial charge in [-0.3, -0.25) is 9.59 Å². The van der Waals surface area contributed by atoms with Crippen LogP contribution in [-0.2, 0) is 9.59 Å². The molecule has 5 nitrogen and oxygen atoms in total. The van der Waals surface area contributed by atoms with Gasteiger partial charge in [-0.1, -0.05) is 32.0 Å². The van der Waals surface area contributed by atoms with Crippen molar-refractivity contribution in [1.82, 2.24) is 4.90 Å². The number of piperidine rings is 1. The molecular formula is C21H25N3O2. The molecule has 1 saturated heterocycles. The monoisotopic (exact) mass is 351 g/mol. The summed E-state index contributed by atoms with van der Waals surface area (Å²) in [6.07, 6.45) is 1.10. The van der Waals surface area contributed by atoms with Gasteiger partial charge in [-0.15, -0.1) is 0 Å². The van der Waals surface area contributed by atoms with E-state index in [2.05, 4.69) is 24.5 Å². The zero-order valence-corrected chi connectivity index (χ0v) is 15.2. The van der Waals surface area contributed by atoms with E-state index in [4.69, 9.17) is 0 Å². The van der Waals surface area contributed by atoms with Crippen molar-refractivity contribution in [1.29, 1.82) is 0 Å².